The maximum Gasteiger partial charge on any atom is 0.0192 e. The average Bonchev–Trinajstić information content (AvgIpc) is 2.78. The second-order valence-corrected chi connectivity index (χ2v) is 5.55. The minimum Gasteiger partial charge on any atom is -0.313 e. The molecule has 2 nitrogen and oxygen atoms in total. The van der Waals surface area contributed by atoms with Crippen molar-refractivity contribution in [2.75, 3.05) is 13.6 Å². The molecule has 2 heteroatoms. The molecule has 0 amide bonds. The molecule has 1 N–H and O–H groups in total. The van der Waals surface area contributed by atoms with Crippen LogP contribution in [0.1, 0.15) is 59.3 Å². The zero-order valence-electron chi connectivity index (χ0n) is 11.6. The van der Waals surface area contributed by atoms with Crippen LogP contribution in [-0.2, 0) is 0 Å². The molecule has 0 bridgehead atoms. The highest BCUT2D eigenvalue weighted by molar-refractivity contribution is 4.80. The van der Waals surface area contributed by atoms with Gasteiger partial charge < -0.3 is 5.32 Å². The van der Waals surface area contributed by atoms with Crippen molar-refractivity contribution in [2.45, 2.75) is 77.4 Å². The van der Waals surface area contributed by atoms with E-state index in [2.05, 4.69) is 38.0 Å². The van der Waals surface area contributed by atoms with Crippen molar-refractivity contribution in [2.24, 2.45) is 0 Å². The van der Waals surface area contributed by atoms with E-state index in [1.165, 1.54) is 38.5 Å². The lowest BCUT2D eigenvalue weighted by molar-refractivity contribution is 0.179. The van der Waals surface area contributed by atoms with Gasteiger partial charge in [-0.1, -0.05) is 26.2 Å². The third-order valence-electron chi connectivity index (χ3n) is 4.08. The molecule has 2 atom stereocenters. The van der Waals surface area contributed by atoms with Crippen LogP contribution in [0.5, 0.6) is 0 Å². The fraction of sp³-hybridized carbons (Fsp3) is 1.00. The van der Waals surface area contributed by atoms with Gasteiger partial charge in [-0.25, -0.2) is 0 Å². The van der Waals surface area contributed by atoms with Crippen molar-refractivity contribution < 1.29 is 0 Å². The lowest BCUT2D eigenvalue weighted by atomic mass is 10.1. The molecule has 0 aromatic carbocycles. The molecular formula is C14H30N2. The molecule has 2 unspecified atom stereocenters. The number of hydrogen-bond acceptors (Lipinski definition) is 2. The van der Waals surface area contributed by atoms with E-state index in [1.54, 1.807) is 0 Å². The van der Waals surface area contributed by atoms with Crippen molar-refractivity contribution in [1.29, 1.82) is 0 Å². The Morgan fingerprint density at radius 1 is 1.25 bits per heavy atom. The van der Waals surface area contributed by atoms with Crippen molar-refractivity contribution in [3.8, 4) is 0 Å². The van der Waals surface area contributed by atoms with E-state index in [0.717, 1.165) is 12.6 Å². The van der Waals surface area contributed by atoms with Gasteiger partial charge in [0.05, 0.1) is 0 Å². The van der Waals surface area contributed by atoms with E-state index in [-0.39, 0.29) is 0 Å². The van der Waals surface area contributed by atoms with E-state index in [4.69, 9.17) is 0 Å². The van der Waals surface area contributed by atoms with Gasteiger partial charge in [-0.15, -0.1) is 0 Å². The van der Waals surface area contributed by atoms with Crippen LogP contribution < -0.4 is 5.32 Å². The van der Waals surface area contributed by atoms with Gasteiger partial charge in [-0.2, -0.15) is 0 Å². The van der Waals surface area contributed by atoms with Crippen LogP contribution in [-0.4, -0.2) is 36.6 Å². The summed E-state index contributed by atoms with van der Waals surface area (Å²) in [5.74, 6) is 0. The van der Waals surface area contributed by atoms with Crippen molar-refractivity contribution >= 4 is 0 Å². The maximum atomic E-state index is 3.65. The molecule has 1 aliphatic rings. The number of rotatable bonds is 7. The lowest BCUT2D eigenvalue weighted by Gasteiger charge is -2.31. The van der Waals surface area contributed by atoms with Crippen LogP contribution in [0.4, 0.5) is 0 Å². The van der Waals surface area contributed by atoms with Gasteiger partial charge in [-0.05, 0) is 40.2 Å². The third-order valence-corrected chi connectivity index (χ3v) is 4.08. The fourth-order valence-electron chi connectivity index (χ4n) is 2.72. The van der Waals surface area contributed by atoms with Crippen molar-refractivity contribution in [1.82, 2.24) is 10.2 Å². The van der Waals surface area contributed by atoms with Gasteiger partial charge >= 0.3 is 0 Å². The maximum absolute atomic E-state index is 3.65. The Hall–Kier alpha value is -0.0800. The predicted octanol–water partition coefficient (Wildman–Crippen LogP) is 3.03. The molecule has 0 saturated heterocycles. The summed E-state index contributed by atoms with van der Waals surface area (Å²) in [5, 5.41) is 3.65. The SMILES string of the molecule is CCCC(C)NCC(C)N(C)C1CCCC1. The first-order valence-corrected chi connectivity index (χ1v) is 7.10. The second-order valence-electron chi connectivity index (χ2n) is 5.55. The summed E-state index contributed by atoms with van der Waals surface area (Å²) in [4.78, 5) is 2.58. The summed E-state index contributed by atoms with van der Waals surface area (Å²) in [6, 6.07) is 2.19. The first-order valence-electron chi connectivity index (χ1n) is 7.10. The highest BCUT2D eigenvalue weighted by Gasteiger charge is 2.22. The zero-order chi connectivity index (χ0) is 12.0. The van der Waals surface area contributed by atoms with Gasteiger partial charge in [0.15, 0.2) is 0 Å². The first-order chi connectivity index (χ1) is 7.65. The van der Waals surface area contributed by atoms with Crippen LogP contribution in [0.25, 0.3) is 0 Å². The quantitative estimate of drug-likeness (QED) is 0.718. The largest absolute Gasteiger partial charge is 0.313 e. The van der Waals surface area contributed by atoms with Crippen LogP contribution in [0, 0.1) is 0 Å². The van der Waals surface area contributed by atoms with Crippen LogP contribution in [0.15, 0.2) is 0 Å². The van der Waals surface area contributed by atoms with E-state index < -0.39 is 0 Å². The number of nitrogens with zero attached hydrogens (tertiary/aromatic N) is 1. The molecule has 0 aromatic rings. The topological polar surface area (TPSA) is 15.3 Å². The zero-order valence-corrected chi connectivity index (χ0v) is 11.6. The number of hydrogen-bond donors (Lipinski definition) is 1. The second kappa shape index (κ2) is 7.29. The molecule has 0 spiro atoms. The first kappa shape index (κ1) is 14.0. The van der Waals surface area contributed by atoms with E-state index in [1.807, 2.05) is 0 Å². The Kier molecular flexibility index (Phi) is 6.37. The van der Waals surface area contributed by atoms with Crippen LogP contribution in [0.3, 0.4) is 0 Å². The Bertz CT molecular complexity index is 176. The van der Waals surface area contributed by atoms with Gasteiger partial charge in [0.1, 0.15) is 0 Å². The molecule has 0 aliphatic heterocycles. The minimum absolute atomic E-state index is 0.669. The van der Waals surface area contributed by atoms with Crippen molar-refractivity contribution in [3.63, 3.8) is 0 Å². The highest BCUT2D eigenvalue weighted by atomic mass is 15.2. The molecule has 1 aliphatic carbocycles. The van der Waals surface area contributed by atoms with E-state index in [9.17, 15) is 0 Å². The molecule has 1 rings (SSSR count). The monoisotopic (exact) mass is 226 g/mol. The molecule has 0 aromatic heterocycles. The van der Waals surface area contributed by atoms with Gasteiger partial charge in [-0.3, -0.25) is 4.90 Å². The summed E-state index contributed by atoms with van der Waals surface area (Å²) < 4.78 is 0. The van der Waals surface area contributed by atoms with Crippen LogP contribution in [0.2, 0.25) is 0 Å². The Labute approximate surface area is 102 Å². The standard InChI is InChI=1S/C14H30N2/c1-5-8-12(2)15-11-13(3)16(4)14-9-6-7-10-14/h12-15H,5-11H2,1-4H3. The molecule has 16 heavy (non-hydrogen) atoms. The molecule has 0 heterocycles. The predicted molar refractivity (Wildman–Crippen MR) is 71.9 cm³/mol. The summed E-state index contributed by atoms with van der Waals surface area (Å²) in [7, 11) is 2.30. The summed E-state index contributed by atoms with van der Waals surface area (Å²) >= 11 is 0. The van der Waals surface area contributed by atoms with E-state index >= 15 is 0 Å². The number of nitrogens with one attached hydrogen (secondary N) is 1. The normalized spacial score (nSPS) is 21.6. The molecule has 1 fully saturated rings. The Morgan fingerprint density at radius 3 is 2.44 bits per heavy atom. The average molecular weight is 226 g/mol. The number of likely N-dealkylation sites (N-methyl/N-ethyl adjacent to an activating group) is 1. The fourth-order valence-corrected chi connectivity index (χ4v) is 2.72. The molecular weight excluding hydrogens is 196 g/mol. The van der Waals surface area contributed by atoms with Gasteiger partial charge in [0, 0.05) is 24.7 Å². The van der Waals surface area contributed by atoms with Crippen LogP contribution >= 0.6 is 0 Å². The molecule has 1 saturated carbocycles. The summed E-state index contributed by atoms with van der Waals surface area (Å²) in [6.07, 6.45) is 8.25. The molecule has 0 radical (unpaired) electrons. The Morgan fingerprint density at radius 2 is 1.88 bits per heavy atom. The highest BCUT2D eigenvalue weighted by Crippen LogP contribution is 2.23. The third kappa shape index (κ3) is 4.42. The molecule has 96 valence electrons. The summed E-state index contributed by atoms with van der Waals surface area (Å²) in [5.41, 5.74) is 0. The van der Waals surface area contributed by atoms with Gasteiger partial charge in [0.25, 0.3) is 0 Å². The van der Waals surface area contributed by atoms with Crippen molar-refractivity contribution in [3.05, 3.63) is 0 Å². The van der Waals surface area contributed by atoms with Gasteiger partial charge in [0.2, 0.25) is 0 Å². The van der Waals surface area contributed by atoms with E-state index in [0.29, 0.717) is 12.1 Å². The Balaban J connectivity index is 2.20. The summed E-state index contributed by atoms with van der Waals surface area (Å²) in [6.45, 7) is 8.04. The smallest absolute Gasteiger partial charge is 0.0192 e. The lowest BCUT2D eigenvalue weighted by Crippen LogP contribution is -2.44. The minimum atomic E-state index is 0.669.